The molecule has 0 aliphatic carbocycles. The van der Waals surface area contributed by atoms with Gasteiger partial charge in [-0.25, -0.2) is 0 Å². The van der Waals surface area contributed by atoms with Crippen molar-refractivity contribution in [2.24, 2.45) is 5.73 Å². The number of H-pyrrole nitrogens is 1. The molecule has 138 valence electrons. The van der Waals surface area contributed by atoms with Crippen LogP contribution >= 0.6 is 0 Å². The van der Waals surface area contributed by atoms with Crippen LogP contribution in [0.3, 0.4) is 0 Å². The number of anilines is 1. The molecule has 27 heavy (non-hydrogen) atoms. The summed E-state index contributed by atoms with van der Waals surface area (Å²) in [7, 11) is 0. The van der Waals surface area contributed by atoms with Crippen molar-refractivity contribution < 1.29 is 9.59 Å². The summed E-state index contributed by atoms with van der Waals surface area (Å²) in [5.41, 5.74) is 12.3. The molecule has 0 aliphatic heterocycles. The number of benzene rings is 2. The largest absolute Gasteiger partial charge is 0.366 e. The second kappa shape index (κ2) is 7.11. The van der Waals surface area contributed by atoms with Gasteiger partial charge in [0.15, 0.2) is 0 Å². The molecular formula is C22H23N3O2. The second-order valence-electron chi connectivity index (χ2n) is 6.96. The number of amides is 2. The molecule has 5 nitrogen and oxygen atoms in total. The third-order valence-corrected chi connectivity index (χ3v) is 4.50. The van der Waals surface area contributed by atoms with Crippen molar-refractivity contribution in [3.05, 3.63) is 64.9 Å². The Balaban J connectivity index is 2.14. The third-order valence-electron chi connectivity index (χ3n) is 4.50. The zero-order valence-electron chi connectivity index (χ0n) is 15.9. The van der Waals surface area contributed by atoms with Crippen LogP contribution in [0.25, 0.3) is 22.0 Å². The minimum absolute atomic E-state index is 0.151. The van der Waals surface area contributed by atoms with E-state index in [9.17, 15) is 9.59 Å². The van der Waals surface area contributed by atoms with E-state index in [2.05, 4.69) is 10.3 Å². The lowest BCUT2D eigenvalue weighted by Gasteiger charge is -2.14. The summed E-state index contributed by atoms with van der Waals surface area (Å²) >= 11 is 0. The van der Waals surface area contributed by atoms with Crippen molar-refractivity contribution in [1.82, 2.24) is 4.98 Å². The number of nitrogens with two attached hydrogens (primary N) is 1. The van der Waals surface area contributed by atoms with Gasteiger partial charge in [0.2, 0.25) is 5.91 Å². The number of carbonyl (C=O) groups is 2. The number of rotatable bonds is 4. The molecule has 0 spiro atoms. The van der Waals surface area contributed by atoms with Crippen molar-refractivity contribution in [2.45, 2.75) is 27.7 Å². The third kappa shape index (κ3) is 3.62. The predicted molar refractivity (Wildman–Crippen MR) is 110 cm³/mol. The van der Waals surface area contributed by atoms with Gasteiger partial charge in [0, 0.05) is 22.8 Å². The Morgan fingerprint density at radius 3 is 2.48 bits per heavy atom. The van der Waals surface area contributed by atoms with E-state index in [1.54, 1.807) is 12.1 Å². The molecule has 5 heteroatoms. The Labute approximate surface area is 158 Å². The van der Waals surface area contributed by atoms with E-state index >= 15 is 0 Å². The number of carbonyl (C=O) groups excluding carboxylic acids is 2. The average molecular weight is 361 g/mol. The van der Waals surface area contributed by atoms with E-state index < -0.39 is 5.91 Å². The van der Waals surface area contributed by atoms with Gasteiger partial charge in [0.25, 0.3) is 5.91 Å². The van der Waals surface area contributed by atoms with Gasteiger partial charge in [-0.3, -0.25) is 9.59 Å². The normalized spacial score (nSPS) is 10.7. The number of nitrogens with one attached hydrogen (secondary N) is 2. The van der Waals surface area contributed by atoms with Crippen molar-refractivity contribution in [3.63, 3.8) is 0 Å². The minimum atomic E-state index is -0.465. The minimum Gasteiger partial charge on any atom is -0.366 e. The van der Waals surface area contributed by atoms with Crippen LogP contribution in [0.2, 0.25) is 0 Å². The fourth-order valence-electron chi connectivity index (χ4n) is 3.29. The fraction of sp³-hybridized carbons (Fsp3) is 0.182. The number of allylic oxidation sites excluding steroid dienone is 1. The first-order chi connectivity index (χ1) is 12.8. The zero-order chi connectivity index (χ0) is 19.7. The molecule has 0 saturated carbocycles. The highest BCUT2D eigenvalue weighted by molar-refractivity contribution is 6.10. The summed E-state index contributed by atoms with van der Waals surface area (Å²) in [5.74, 6) is -0.616. The molecule has 4 N–H and O–H groups in total. The monoisotopic (exact) mass is 361 g/mol. The fourth-order valence-corrected chi connectivity index (χ4v) is 3.29. The van der Waals surface area contributed by atoms with Crippen LogP contribution in [0.1, 0.15) is 35.5 Å². The SMILES string of the molecule is CC(C)=CC(=O)Nc1cccc(-c2ccc(C(N)=O)c3[nH]c(C)cc23)c1C. The highest BCUT2D eigenvalue weighted by Gasteiger charge is 2.16. The molecule has 0 unspecified atom stereocenters. The topological polar surface area (TPSA) is 88.0 Å². The highest BCUT2D eigenvalue weighted by Crippen LogP contribution is 2.35. The molecule has 0 bridgehead atoms. The van der Waals surface area contributed by atoms with Crippen molar-refractivity contribution in [2.75, 3.05) is 5.32 Å². The molecule has 2 aromatic carbocycles. The van der Waals surface area contributed by atoms with Gasteiger partial charge in [0.05, 0.1) is 11.1 Å². The van der Waals surface area contributed by atoms with Crippen LogP contribution < -0.4 is 11.1 Å². The first-order valence-corrected chi connectivity index (χ1v) is 8.76. The van der Waals surface area contributed by atoms with Crippen molar-refractivity contribution in [1.29, 1.82) is 0 Å². The number of hydrogen-bond acceptors (Lipinski definition) is 2. The summed E-state index contributed by atoms with van der Waals surface area (Å²) < 4.78 is 0. The summed E-state index contributed by atoms with van der Waals surface area (Å²) in [5, 5.41) is 3.87. The van der Waals surface area contributed by atoms with Gasteiger partial charge in [-0.2, -0.15) is 0 Å². The molecule has 0 fully saturated rings. The van der Waals surface area contributed by atoms with Gasteiger partial charge in [-0.1, -0.05) is 23.8 Å². The van der Waals surface area contributed by atoms with Crippen molar-refractivity contribution in [3.8, 4) is 11.1 Å². The summed E-state index contributed by atoms with van der Waals surface area (Å²) in [6.07, 6.45) is 1.57. The van der Waals surface area contributed by atoms with Gasteiger partial charge in [-0.05, 0) is 62.6 Å². The maximum Gasteiger partial charge on any atom is 0.250 e. The predicted octanol–water partition coefficient (Wildman–Crippen LogP) is 4.46. The Morgan fingerprint density at radius 1 is 1.07 bits per heavy atom. The van der Waals surface area contributed by atoms with Gasteiger partial charge >= 0.3 is 0 Å². The average Bonchev–Trinajstić information content (AvgIpc) is 2.96. The number of hydrogen-bond donors (Lipinski definition) is 3. The number of fused-ring (bicyclic) bond motifs is 1. The van der Waals surface area contributed by atoms with E-state index in [0.717, 1.165) is 44.5 Å². The van der Waals surface area contributed by atoms with E-state index in [4.69, 9.17) is 5.73 Å². The summed E-state index contributed by atoms with van der Waals surface area (Å²) in [6, 6.07) is 11.4. The van der Waals surface area contributed by atoms with Gasteiger partial charge in [0.1, 0.15) is 0 Å². The van der Waals surface area contributed by atoms with Crippen LogP contribution in [0.15, 0.2) is 48.0 Å². The van der Waals surface area contributed by atoms with Crippen LogP contribution in [0.4, 0.5) is 5.69 Å². The first-order valence-electron chi connectivity index (χ1n) is 8.76. The molecule has 0 radical (unpaired) electrons. The van der Waals surface area contributed by atoms with E-state index in [1.165, 1.54) is 0 Å². The van der Waals surface area contributed by atoms with E-state index in [1.807, 2.05) is 58.0 Å². The molecule has 0 aliphatic rings. The molecule has 0 saturated heterocycles. The van der Waals surface area contributed by atoms with E-state index in [-0.39, 0.29) is 5.91 Å². The molecule has 0 atom stereocenters. The lowest BCUT2D eigenvalue weighted by atomic mass is 9.94. The smallest absolute Gasteiger partial charge is 0.250 e. The Bertz CT molecular complexity index is 1090. The zero-order valence-corrected chi connectivity index (χ0v) is 15.9. The number of aryl methyl sites for hydroxylation is 1. The molecular weight excluding hydrogens is 338 g/mol. The molecule has 1 aromatic heterocycles. The molecule has 3 rings (SSSR count). The highest BCUT2D eigenvalue weighted by atomic mass is 16.1. The molecule has 1 heterocycles. The van der Waals surface area contributed by atoms with Gasteiger partial charge in [-0.15, -0.1) is 0 Å². The standard InChI is InChI=1S/C22H23N3O2/c1-12(2)10-20(26)25-19-7-5-6-15(14(19)4)16-8-9-17(22(23)27)21-18(16)11-13(3)24-21/h5-11,24H,1-4H3,(H2,23,27)(H,25,26). The van der Waals surface area contributed by atoms with Crippen LogP contribution in [0, 0.1) is 13.8 Å². The number of primary amides is 1. The maximum absolute atomic E-state index is 12.1. The van der Waals surface area contributed by atoms with Gasteiger partial charge < -0.3 is 16.0 Å². The lowest BCUT2D eigenvalue weighted by molar-refractivity contribution is -0.112. The van der Waals surface area contributed by atoms with E-state index in [0.29, 0.717) is 5.56 Å². The maximum atomic E-state index is 12.1. The first kappa shape index (κ1) is 18.5. The summed E-state index contributed by atoms with van der Waals surface area (Å²) in [6.45, 7) is 7.68. The lowest BCUT2D eigenvalue weighted by Crippen LogP contribution is -2.11. The quantitative estimate of drug-likeness (QED) is 0.599. The van der Waals surface area contributed by atoms with Crippen LogP contribution in [-0.2, 0) is 4.79 Å². The summed E-state index contributed by atoms with van der Waals surface area (Å²) in [4.78, 5) is 27.1. The van der Waals surface area contributed by atoms with Crippen LogP contribution in [0.5, 0.6) is 0 Å². The molecule has 3 aromatic rings. The Hall–Kier alpha value is -3.34. The second-order valence-corrected chi connectivity index (χ2v) is 6.96. The van der Waals surface area contributed by atoms with Crippen molar-refractivity contribution >= 4 is 28.4 Å². The molecule has 2 amide bonds. The Morgan fingerprint density at radius 2 is 1.81 bits per heavy atom. The Kier molecular flexibility index (Phi) is 4.86. The van der Waals surface area contributed by atoms with Crippen LogP contribution in [-0.4, -0.2) is 16.8 Å². The number of aromatic amines is 1. The number of aromatic nitrogens is 1.